The third-order valence-electron chi connectivity index (χ3n) is 4.34. The fraction of sp³-hybridized carbons (Fsp3) is 0.158. The standard InChI is InChI=1S/C19H16N6O3/c26-18(12-7-13-3-1-2-4-17(13)25(27)28)20-15-8-5-14(6-9-15)19-21-22-23-24(19)16-10-11-16/h1-9,12,16H,10-11H2,(H,20,26)/b12-7+. The van der Waals surface area contributed by atoms with Crippen LogP contribution in [0.15, 0.2) is 54.6 Å². The minimum atomic E-state index is -0.481. The van der Waals surface area contributed by atoms with Gasteiger partial charge in [-0.25, -0.2) is 4.68 Å². The number of benzene rings is 2. The first kappa shape index (κ1) is 17.5. The number of anilines is 1. The molecule has 9 nitrogen and oxygen atoms in total. The quantitative estimate of drug-likeness (QED) is 0.401. The summed E-state index contributed by atoms with van der Waals surface area (Å²) in [6, 6.07) is 13.8. The first-order chi connectivity index (χ1) is 13.6. The van der Waals surface area contributed by atoms with Gasteiger partial charge in [0.1, 0.15) is 0 Å². The van der Waals surface area contributed by atoms with Gasteiger partial charge in [0, 0.05) is 23.4 Å². The molecule has 3 aromatic rings. The zero-order valence-electron chi connectivity index (χ0n) is 14.7. The molecule has 0 spiro atoms. The lowest BCUT2D eigenvalue weighted by molar-refractivity contribution is -0.385. The smallest absolute Gasteiger partial charge is 0.276 e. The van der Waals surface area contributed by atoms with Crippen LogP contribution in [0, 0.1) is 10.1 Å². The third kappa shape index (κ3) is 3.78. The highest BCUT2D eigenvalue weighted by atomic mass is 16.6. The number of rotatable bonds is 6. The summed E-state index contributed by atoms with van der Waals surface area (Å²) in [5.74, 6) is 0.324. The molecule has 28 heavy (non-hydrogen) atoms. The monoisotopic (exact) mass is 376 g/mol. The largest absolute Gasteiger partial charge is 0.323 e. The number of para-hydroxylation sites is 1. The number of aromatic nitrogens is 4. The summed E-state index contributed by atoms with van der Waals surface area (Å²) < 4.78 is 1.82. The lowest BCUT2D eigenvalue weighted by Crippen LogP contribution is -2.07. The predicted molar refractivity (Wildman–Crippen MR) is 102 cm³/mol. The molecule has 0 radical (unpaired) electrons. The summed E-state index contributed by atoms with van der Waals surface area (Å²) >= 11 is 0. The average Bonchev–Trinajstić information content (AvgIpc) is 3.44. The van der Waals surface area contributed by atoms with E-state index in [1.807, 2.05) is 16.8 Å². The Hall–Kier alpha value is -3.88. The highest BCUT2D eigenvalue weighted by molar-refractivity contribution is 6.02. The van der Waals surface area contributed by atoms with Gasteiger partial charge in [-0.3, -0.25) is 14.9 Å². The summed E-state index contributed by atoms with van der Waals surface area (Å²) in [5.41, 5.74) is 1.78. The number of carbonyl (C=O) groups is 1. The van der Waals surface area contributed by atoms with Gasteiger partial charge in [0.15, 0.2) is 5.82 Å². The number of nitro benzene ring substituents is 1. The molecule has 1 aliphatic carbocycles. The van der Waals surface area contributed by atoms with Crippen molar-refractivity contribution in [3.63, 3.8) is 0 Å². The number of nitro groups is 1. The van der Waals surface area contributed by atoms with Crippen LogP contribution in [0.2, 0.25) is 0 Å². The Morgan fingerprint density at radius 1 is 1.18 bits per heavy atom. The fourth-order valence-corrected chi connectivity index (χ4v) is 2.80. The second-order valence-corrected chi connectivity index (χ2v) is 6.39. The Morgan fingerprint density at radius 2 is 1.93 bits per heavy atom. The van der Waals surface area contributed by atoms with E-state index in [9.17, 15) is 14.9 Å². The molecule has 0 atom stereocenters. The van der Waals surface area contributed by atoms with Crippen LogP contribution in [0.1, 0.15) is 24.4 Å². The van der Waals surface area contributed by atoms with Gasteiger partial charge >= 0.3 is 0 Å². The van der Waals surface area contributed by atoms with Gasteiger partial charge in [0.25, 0.3) is 5.69 Å². The molecule has 0 saturated heterocycles. The van der Waals surface area contributed by atoms with Crippen LogP contribution in [-0.2, 0) is 4.79 Å². The molecule has 1 heterocycles. The molecule has 1 N–H and O–H groups in total. The number of nitrogens with one attached hydrogen (secondary N) is 1. The van der Waals surface area contributed by atoms with Crippen LogP contribution in [0.3, 0.4) is 0 Å². The minimum absolute atomic E-state index is 0.0516. The van der Waals surface area contributed by atoms with Crippen LogP contribution < -0.4 is 5.32 Å². The van der Waals surface area contributed by atoms with E-state index in [4.69, 9.17) is 0 Å². The van der Waals surface area contributed by atoms with Crippen molar-refractivity contribution >= 4 is 23.4 Å². The average molecular weight is 376 g/mol. The van der Waals surface area contributed by atoms with E-state index in [0.717, 1.165) is 18.4 Å². The van der Waals surface area contributed by atoms with Crippen molar-refractivity contribution in [1.82, 2.24) is 20.2 Å². The summed E-state index contributed by atoms with van der Waals surface area (Å²) in [6.07, 6.45) is 4.85. The zero-order chi connectivity index (χ0) is 19.5. The maximum Gasteiger partial charge on any atom is 0.276 e. The number of amides is 1. The van der Waals surface area contributed by atoms with Gasteiger partial charge in [-0.05, 0) is 59.7 Å². The Morgan fingerprint density at radius 3 is 2.64 bits per heavy atom. The minimum Gasteiger partial charge on any atom is -0.323 e. The Labute approximate surface area is 159 Å². The van der Waals surface area contributed by atoms with E-state index >= 15 is 0 Å². The lowest BCUT2D eigenvalue weighted by Gasteiger charge is -2.05. The first-order valence-electron chi connectivity index (χ1n) is 8.72. The molecule has 1 fully saturated rings. The summed E-state index contributed by atoms with van der Waals surface area (Å²) in [7, 11) is 0. The van der Waals surface area contributed by atoms with E-state index in [0.29, 0.717) is 23.1 Å². The summed E-state index contributed by atoms with van der Waals surface area (Å²) in [5, 5.41) is 25.6. The predicted octanol–water partition coefficient (Wildman–Crippen LogP) is 3.24. The van der Waals surface area contributed by atoms with Crippen molar-refractivity contribution in [3.05, 3.63) is 70.3 Å². The van der Waals surface area contributed by atoms with Crippen molar-refractivity contribution in [2.45, 2.75) is 18.9 Å². The fourth-order valence-electron chi connectivity index (χ4n) is 2.80. The van der Waals surface area contributed by atoms with Gasteiger partial charge in [0.2, 0.25) is 5.91 Å². The second-order valence-electron chi connectivity index (χ2n) is 6.39. The molecular weight excluding hydrogens is 360 g/mol. The van der Waals surface area contributed by atoms with Crippen LogP contribution in [0.4, 0.5) is 11.4 Å². The molecule has 140 valence electrons. The topological polar surface area (TPSA) is 116 Å². The van der Waals surface area contributed by atoms with Gasteiger partial charge in [0.05, 0.1) is 16.5 Å². The van der Waals surface area contributed by atoms with Gasteiger partial charge in [-0.2, -0.15) is 0 Å². The molecule has 0 aliphatic heterocycles. The Balaban J connectivity index is 1.44. The lowest BCUT2D eigenvalue weighted by atomic mass is 10.1. The molecule has 4 rings (SSSR count). The Kier molecular flexibility index (Phi) is 4.63. The maximum atomic E-state index is 12.1. The number of nitrogens with zero attached hydrogens (tertiary/aromatic N) is 5. The van der Waals surface area contributed by atoms with Crippen LogP contribution in [0.25, 0.3) is 17.5 Å². The van der Waals surface area contributed by atoms with Gasteiger partial charge < -0.3 is 5.32 Å². The highest BCUT2D eigenvalue weighted by Gasteiger charge is 2.28. The van der Waals surface area contributed by atoms with Crippen molar-refractivity contribution in [2.75, 3.05) is 5.32 Å². The van der Waals surface area contributed by atoms with E-state index < -0.39 is 4.92 Å². The van der Waals surface area contributed by atoms with Gasteiger partial charge in [-0.15, -0.1) is 5.10 Å². The summed E-state index contributed by atoms with van der Waals surface area (Å²) in [6.45, 7) is 0. The number of hydrogen-bond donors (Lipinski definition) is 1. The van der Waals surface area contributed by atoms with Crippen LogP contribution in [0.5, 0.6) is 0 Å². The van der Waals surface area contributed by atoms with E-state index in [2.05, 4.69) is 20.8 Å². The molecule has 1 amide bonds. The molecule has 0 unspecified atom stereocenters. The molecule has 9 heteroatoms. The zero-order valence-corrected chi connectivity index (χ0v) is 14.7. The van der Waals surface area contributed by atoms with Crippen molar-refractivity contribution in [3.8, 4) is 11.4 Å². The molecular formula is C19H16N6O3. The number of tetrazole rings is 1. The molecule has 0 bridgehead atoms. The van der Waals surface area contributed by atoms with E-state index in [1.54, 1.807) is 30.3 Å². The first-order valence-corrected chi connectivity index (χ1v) is 8.72. The van der Waals surface area contributed by atoms with E-state index in [-0.39, 0.29) is 11.6 Å². The Bertz CT molecular complexity index is 1050. The second kappa shape index (κ2) is 7.39. The van der Waals surface area contributed by atoms with Gasteiger partial charge in [-0.1, -0.05) is 12.1 Å². The van der Waals surface area contributed by atoms with Crippen molar-refractivity contribution in [1.29, 1.82) is 0 Å². The number of carbonyl (C=O) groups excluding carboxylic acids is 1. The molecule has 2 aromatic carbocycles. The van der Waals surface area contributed by atoms with Crippen LogP contribution >= 0.6 is 0 Å². The highest BCUT2D eigenvalue weighted by Crippen LogP contribution is 2.36. The maximum absolute atomic E-state index is 12.1. The third-order valence-corrected chi connectivity index (χ3v) is 4.34. The van der Waals surface area contributed by atoms with E-state index in [1.165, 1.54) is 18.2 Å². The summed E-state index contributed by atoms with van der Waals surface area (Å²) in [4.78, 5) is 22.7. The SMILES string of the molecule is O=C(/C=C/c1ccccc1[N+](=O)[O-])Nc1ccc(-c2nnnn2C2CC2)cc1. The molecule has 1 aromatic heterocycles. The number of hydrogen-bond acceptors (Lipinski definition) is 6. The van der Waals surface area contributed by atoms with Crippen molar-refractivity contribution in [2.24, 2.45) is 0 Å². The van der Waals surface area contributed by atoms with Crippen LogP contribution in [-0.4, -0.2) is 31.0 Å². The molecule has 1 aliphatic rings. The normalized spacial score (nSPS) is 13.6. The van der Waals surface area contributed by atoms with Crippen molar-refractivity contribution < 1.29 is 9.72 Å². The molecule has 1 saturated carbocycles.